The first-order valence-corrected chi connectivity index (χ1v) is 11.1. The number of rotatable bonds is 10. The van der Waals surface area contributed by atoms with E-state index in [1.54, 1.807) is 7.11 Å². The molecular formula is C23H28N4O2S. The minimum atomic E-state index is -0.0407. The number of carbonyl (C=O) groups is 1. The topological polar surface area (TPSA) is 69.0 Å². The van der Waals surface area contributed by atoms with Crippen molar-refractivity contribution in [3.63, 3.8) is 0 Å². The maximum Gasteiger partial charge on any atom is 0.234 e. The quantitative estimate of drug-likeness (QED) is 0.485. The van der Waals surface area contributed by atoms with E-state index in [1.807, 2.05) is 43.3 Å². The van der Waals surface area contributed by atoms with E-state index in [0.29, 0.717) is 5.75 Å². The van der Waals surface area contributed by atoms with Crippen molar-refractivity contribution in [3.8, 4) is 5.75 Å². The average molecular weight is 425 g/mol. The first-order chi connectivity index (χ1) is 14.6. The number of hydrogen-bond donors (Lipinski definition) is 1. The zero-order valence-corrected chi connectivity index (χ0v) is 18.5. The van der Waals surface area contributed by atoms with Gasteiger partial charge >= 0.3 is 0 Å². The summed E-state index contributed by atoms with van der Waals surface area (Å²) < 4.78 is 7.30. The van der Waals surface area contributed by atoms with Crippen LogP contribution in [0, 0.1) is 6.92 Å². The summed E-state index contributed by atoms with van der Waals surface area (Å²) in [6, 6.07) is 15.9. The van der Waals surface area contributed by atoms with Crippen LogP contribution >= 0.6 is 11.8 Å². The van der Waals surface area contributed by atoms with Gasteiger partial charge < -0.3 is 14.6 Å². The van der Waals surface area contributed by atoms with Gasteiger partial charge in [0, 0.05) is 18.7 Å². The lowest BCUT2D eigenvalue weighted by atomic mass is 10.1. The van der Waals surface area contributed by atoms with Crippen molar-refractivity contribution in [2.24, 2.45) is 0 Å². The molecule has 1 heterocycles. The van der Waals surface area contributed by atoms with Crippen LogP contribution in [0.3, 0.4) is 0 Å². The molecule has 30 heavy (non-hydrogen) atoms. The fraction of sp³-hybridized carbons (Fsp3) is 0.348. The zero-order valence-electron chi connectivity index (χ0n) is 17.7. The number of carbonyl (C=O) groups excluding carboxylic acids is 1. The minimum absolute atomic E-state index is 0.0407. The molecule has 0 aliphatic heterocycles. The molecule has 0 aliphatic carbocycles. The summed E-state index contributed by atoms with van der Waals surface area (Å²) in [5.74, 6) is 2.10. The average Bonchev–Trinajstić information content (AvgIpc) is 3.16. The summed E-state index contributed by atoms with van der Waals surface area (Å²) >= 11 is 1.42. The predicted molar refractivity (Wildman–Crippen MR) is 121 cm³/mol. The van der Waals surface area contributed by atoms with Gasteiger partial charge in [-0.2, -0.15) is 0 Å². The number of methoxy groups -OCH3 is 1. The monoisotopic (exact) mass is 424 g/mol. The van der Waals surface area contributed by atoms with Crippen LogP contribution in [-0.2, 0) is 24.2 Å². The molecule has 1 amide bonds. The summed E-state index contributed by atoms with van der Waals surface area (Å²) in [6.07, 6.45) is 2.81. The van der Waals surface area contributed by atoms with E-state index in [4.69, 9.17) is 4.74 Å². The van der Waals surface area contributed by atoms with Crippen LogP contribution in [0.1, 0.15) is 30.3 Å². The molecule has 3 aromatic rings. The van der Waals surface area contributed by atoms with E-state index in [0.717, 1.165) is 53.8 Å². The van der Waals surface area contributed by atoms with Gasteiger partial charge in [-0.15, -0.1) is 10.2 Å². The third-order valence-corrected chi connectivity index (χ3v) is 5.85. The van der Waals surface area contributed by atoms with Gasteiger partial charge in [0.15, 0.2) is 5.16 Å². The van der Waals surface area contributed by atoms with Gasteiger partial charge in [0.2, 0.25) is 5.91 Å². The zero-order chi connectivity index (χ0) is 21.3. The van der Waals surface area contributed by atoms with Crippen molar-refractivity contribution in [3.05, 3.63) is 65.5 Å². The molecule has 0 radical (unpaired) electrons. The number of aryl methyl sites for hydroxylation is 3. The fourth-order valence-electron chi connectivity index (χ4n) is 3.20. The molecule has 0 saturated heterocycles. The Hall–Kier alpha value is -2.80. The third-order valence-electron chi connectivity index (χ3n) is 4.89. The highest BCUT2D eigenvalue weighted by atomic mass is 32.2. The van der Waals surface area contributed by atoms with Gasteiger partial charge in [0.1, 0.15) is 11.6 Å². The maximum absolute atomic E-state index is 12.3. The lowest BCUT2D eigenvalue weighted by Gasteiger charge is -2.09. The van der Waals surface area contributed by atoms with Crippen LogP contribution in [-0.4, -0.2) is 33.5 Å². The lowest BCUT2D eigenvalue weighted by molar-refractivity contribution is -0.113. The number of aromatic nitrogens is 3. The Bertz CT molecular complexity index is 970. The summed E-state index contributed by atoms with van der Waals surface area (Å²) in [7, 11) is 1.68. The number of anilines is 1. The Labute approximate surface area is 182 Å². The number of hydrogen-bond acceptors (Lipinski definition) is 5. The Morgan fingerprint density at radius 3 is 2.57 bits per heavy atom. The number of ether oxygens (including phenoxy) is 1. The Morgan fingerprint density at radius 1 is 1.10 bits per heavy atom. The summed E-state index contributed by atoms with van der Waals surface area (Å²) in [5, 5.41) is 12.4. The van der Waals surface area contributed by atoms with Gasteiger partial charge in [0.25, 0.3) is 0 Å². The van der Waals surface area contributed by atoms with Crippen molar-refractivity contribution < 1.29 is 9.53 Å². The fourth-order valence-corrected chi connectivity index (χ4v) is 4.02. The molecule has 158 valence electrons. The molecule has 1 aromatic heterocycles. The lowest BCUT2D eigenvalue weighted by Crippen LogP contribution is -2.15. The minimum Gasteiger partial charge on any atom is -0.497 e. The van der Waals surface area contributed by atoms with Crippen LogP contribution in [0.5, 0.6) is 5.75 Å². The second-order valence-electron chi connectivity index (χ2n) is 7.00. The molecular weight excluding hydrogens is 396 g/mol. The van der Waals surface area contributed by atoms with Crippen LogP contribution in [0.4, 0.5) is 5.69 Å². The van der Waals surface area contributed by atoms with Crippen LogP contribution in [0.25, 0.3) is 0 Å². The smallest absolute Gasteiger partial charge is 0.234 e. The van der Waals surface area contributed by atoms with Crippen molar-refractivity contribution in [1.29, 1.82) is 0 Å². The van der Waals surface area contributed by atoms with Crippen molar-refractivity contribution in [1.82, 2.24) is 14.8 Å². The van der Waals surface area contributed by atoms with Crippen molar-refractivity contribution in [2.75, 3.05) is 18.2 Å². The normalized spacial score (nSPS) is 10.8. The number of nitrogens with zero attached hydrogens (tertiary/aromatic N) is 3. The highest BCUT2D eigenvalue weighted by Crippen LogP contribution is 2.20. The summed E-state index contributed by atoms with van der Waals surface area (Å²) in [4.78, 5) is 12.3. The van der Waals surface area contributed by atoms with Gasteiger partial charge in [-0.05, 0) is 56.0 Å². The second kappa shape index (κ2) is 10.8. The Kier molecular flexibility index (Phi) is 7.90. The van der Waals surface area contributed by atoms with Gasteiger partial charge in [-0.1, -0.05) is 42.1 Å². The van der Waals surface area contributed by atoms with Crippen LogP contribution in [0.15, 0.2) is 53.7 Å². The highest BCUT2D eigenvalue weighted by molar-refractivity contribution is 7.99. The molecule has 1 N–H and O–H groups in total. The van der Waals surface area contributed by atoms with Crippen LogP contribution in [0.2, 0.25) is 0 Å². The summed E-state index contributed by atoms with van der Waals surface area (Å²) in [5.41, 5.74) is 3.17. The Morgan fingerprint density at radius 2 is 1.87 bits per heavy atom. The van der Waals surface area contributed by atoms with E-state index in [2.05, 4.69) is 39.1 Å². The molecule has 0 aliphatic rings. The molecule has 0 bridgehead atoms. The molecule has 0 unspecified atom stereocenters. The van der Waals surface area contributed by atoms with Gasteiger partial charge in [-0.3, -0.25) is 4.79 Å². The SMILES string of the molecule is CCn1c(CCCc2ccc(OC)cc2)nnc1SCC(=O)Nc1ccccc1C. The molecule has 0 fully saturated rings. The van der Waals surface area contributed by atoms with E-state index < -0.39 is 0 Å². The summed E-state index contributed by atoms with van der Waals surface area (Å²) in [6.45, 7) is 4.84. The third kappa shape index (κ3) is 5.86. The van der Waals surface area contributed by atoms with E-state index in [-0.39, 0.29) is 5.91 Å². The first-order valence-electron chi connectivity index (χ1n) is 10.1. The second-order valence-corrected chi connectivity index (χ2v) is 7.94. The van der Waals surface area contributed by atoms with Crippen molar-refractivity contribution in [2.45, 2.75) is 44.8 Å². The molecule has 6 nitrogen and oxygen atoms in total. The van der Waals surface area contributed by atoms with Crippen LogP contribution < -0.4 is 10.1 Å². The molecule has 2 aromatic carbocycles. The number of nitrogens with one attached hydrogen (secondary N) is 1. The maximum atomic E-state index is 12.3. The highest BCUT2D eigenvalue weighted by Gasteiger charge is 2.13. The first kappa shape index (κ1) is 21.9. The van der Waals surface area contributed by atoms with E-state index >= 15 is 0 Å². The number of para-hydroxylation sites is 1. The Balaban J connectivity index is 1.51. The molecule has 7 heteroatoms. The number of amides is 1. The van der Waals surface area contributed by atoms with Gasteiger partial charge in [0.05, 0.1) is 12.9 Å². The number of benzene rings is 2. The van der Waals surface area contributed by atoms with E-state index in [1.165, 1.54) is 17.3 Å². The molecule has 0 atom stereocenters. The predicted octanol–water partition coefficient (Wildman–Crippen LogP) is 4.52. The van der Waals surface area contributed by atoms with Gasteiger partial charge in [-0.25, -0.2) is 0 Å². The molecule has 3 rings (SSSR count). The molecule has 0 spiro atoms. The standard InChI is InChI=1S/C23H28N4O2S/c1-4-27-21(11-7-9-18-12-14-19(29-3)15-13-18)25-26-23(27)30-16-22(28)24-20-10-6-5-8-17(20)2/h5-6,8,10,12-15H,4,7,9,11,16H2,1-3H3,(H,24,28). The molecule has 0 saturated carbocycles. The largest absolute Gasteiger partial charge is 0.497 e. The number of thioether (sulfide) groups is 1. The van der Waals surface area contributed by atoms with E-state index in [9.17, 15) is 4.79 Å². The van der Waals surface area contributed by atoms with Crippen molar-refractivity contribution >= 4 is 23.4 Å².